The summed E-state index contributed by atoms with van der Waals surface area (Å²) in [6, 6.07) is 14.3. The van der Waals surface area contributed by atoms with Gasteiger partial charge in [-0.05, 0) is 85.8 Å². The third kappa shape index (κ3) is 42.5. The summed E-state index contributed by atoms with van der Waals surface area (Å²) in [5.41, 5.74) is 6.04. The van der Waals surface area contributed by atoms with Crippen LogP contribution in [0.5, 0.6) is 0 Å². The second kappa shape index (κ2) is 52.7. The van der Waals surface area contributed by atoms with Gasteiger partial charge in [-0.2, -0.15) is 0 Å². The average Bonchev–Trinajstić information content (AvgIpc) is 3.31. The van der Waals surface area contributed by atoms with Gasteiger partial charge in [0.15, 0.2) is 0 Å². The maximum absolute atomic E-state index is 3.85. The molecule has 0 aliphatic carbocycles. The van der Waals surface area contributed by atoms with Crippen molar-refractivity contribution in [3.8, 4) is 0 Å². The van der Waals surface area contributed by atoms with E-state index < -0.39 is 0 Å². The van der Waals surface area contributed by atoms with Crippen LogP contribution in [-0.4, -0.2) is 0 Å². The molecule has 0 bridgehead atoms. The van der Waals surface area contributed by atoms with Gasteiger partial charge in [0, 0.05) is 37.2 Å². The zero-order valence-electron chi connectivity index (χ0n) is 43.1. The molecular weight excluding hydrogens is 1040 g/mol. The standard InChI is InChI=1S/C30H52Br2.C30H54.Br2/c1-3-5-7-9-11-13-15-17-19-21-23-27-25-30(32)28(26-29(27)31)24-22-20-18-16-14-12-10-8-6-4-2;1-3-5-7-9-11-13-15-17-19-21-23-29-25-27-30(28-26-29)24-22-20-18-16-14-12-10-8-6-4-2;1-2/h25-26H,3-24H2,1-2H3;25-28H,3-24H2,1-2H3;. The fourth-order valence-electron chi connectivity index (χ4n) is 9.12. The number of hydrogen-bond donors (Lipinski definition) is 0. The van der Waals surface area contributed by atoms with Crippen LogP contribution in [0, 0.1) is 0 Å². The molecule has 0 aliphatic heterocycles. The highest BCUT2D eigenvalue weighted by molar-refractivity contribution is 9.93. The van der Waals surface area contributed by atoms with Crippen molar-refractivity contribution in [3.63, 3.8) is 0 Å². The molecule has 0 spiro atoms. The van der Waals surface area contributed by atoms with Gasteiger partial charge in [0.1, 0.15) is 0 Å². The third-order valence-corrected chi connectivity index (χ3v) is 15.0. The Morgan fingerprint density at radius 1 is 0.250 bits per heavy atom. The fraction of sp³-hybridized carbons (Fsp3) is 0.800. The Kier molecular flexibility index (Phi) is 53.0. The maximum Gasteiger partial charge on any atom is 0.0210 e. The normalized spacial score (nSPS) is 11.1. The Bertz CT molecular complexity index is 1100. The minimum atomic E-state index is 1.20. The molecule has 2 aromatic rings. The molecule has 0 unspecified atom stereocenters. The number of hydrogen-bond acceptors (Lipinski definition) is 0. The topological polar surface area (TPSA) is 0 Å². The van der Waals surface area contributed by atoms with Crippen molar-refractivity contribution in [2.45, 2.75) is 310 Å². The zero-order valence-corrected chi connectivity index (χ0v) is 49.4. The Labute approximate surface area is 434 Å². The molecule has 0 aliphatic rings. The molecule has 2 aromatic carbocycles. The first kappa shape index (κ1) is 64.4. The molecule has 2 rings (SSSR count). The minimum absolute atomic E-state index is 1.20. The lowest BCUT2D eigenvalue weighted by molar-refractivity contribution is 0.555. The van der Waals surface area contributed by atoms with Crippen LogP contribution >= 0.6 is 60.1 Å². The van der Waals surface area contributed by atoms with Crippen LogP contribution in [0.2, 0.25) is 0 Å². The van der Waals surface area contributed by atoms with Crippen molar-refractivity contribution in [3.05, 3.63) is 67.6 Å². The summed E-state index contributed by atoms with van der Waals surface area (Å²) in [6.45, 7) is 9.19. The molecule has 4 heteroatoms. The number of unbranched alkanes of at least 4 members (excludes halogenated alkanes) is 36. The summed E-state index contributed by atoms with van der Waals surface area (Å²) < 4.78 is 2.64. The van der Waals surface area contributed by atoms with Crippen LogP contribution in [0.25, 0.3) is 0 Å². The molecule has 0 saturated carbocycles. The van der Waals surface area contributed by atoms with Gasteiger partial charge in [-0.1, -0.05) is 315 Å². The van der Waals surface area contributed by atoms with Gasteiger partial charge in [0.25, 0.3) is 0 Å². The van der Waals surface area contributed by atoms with E-state index in [1.54, 1.807) is 11.1 Å². The molecule has 0 N–H and O–H groups in total. The van der Waals surface area contributed by atoms with E-state index >= 15 is 0 Å². The molecule has 374 valence electrons. The van der Waals surface area contributed by atoms with Gasteiger partial charge in [-0.3, -0.25) is 0 Å². The van der Waals surface area contributed by atoms with Gasteiger partial charge in [-0.15, -0.1) is 0 Å². The van der Waals surface area contributed by atoms with Gasteiger partial charge in [-0.25, -0.2) is 0 Å². The molecule has 0 fully saturated rings. The quantitative estimate of drug-likeness (QED) is 0.0580. The van der Waals surface area contributed by atoms with Gasteiger partial charge >= 0.3 is 0 Å². The zero-order chi connectivity index (χ0) is 46.8. The number of benzene rings is 2. The van der Waals surface area contributed by atoms with Gasteiger partial charge < -0.3 is 0 Å². The molecular formula is C60H106Br4. The second-order valence-corrected chi connectivity index (χ2v) is 21.3. The van der Waals surface area contributed by atoms with E-state index in [0.29, 0.717) is 0 Å². The van der Waals surface area contributed by atoms with E-state index in [1.807, 2.05) is 0 Å². The highest BCUT2D eigenvalue weighted by Crippen LogP contribution is 2.29. The predicted molar refractivity (Wildman–Crippen MR) is 308 cm³/mol. The summed E-state index contributed by atoms with van der Waals surface area (Å²) in [6.07, 6.45) is 61.6. The molecule has 64 heavy (non-hydrogen) atoms. The monoisotopic (exact) mass is 1140 g/mol. The fourth-order valence-corrected chi connectivity index (χ4v) is 10.3. The van der Waals surface area contributed by atoms with Crippen molar-refractivity contribution in [2.75, 3.05) is 0 Å². The third-order valence-electron chi connectivity index (χ3n) is 13.5. The largest absolute Gasteiger partial charge is 0.0654 e. The summed E-state index contributed by atoms with van der Waals surface area (Å²) in [4.78, 5) is 0. The SMILES string of the molecule is BrBr.CCCCCCCCCCCCc1cc(Br)c(CCCCCCCCCCCC)cc1Br.CCCCCCCCCCCCc1ccc(CCCCCCCCCCCC)cc1. The minimum Gasteiger partial charge on any atom is -0.0654 e. The second-order valence-electron chi connectivity index (χ2n) is 19.6. The van der Waals surface area contributed by atoms with E-state index in [4.69, 9.17) is 0 Å². The summed E-state index contributed by atoms with van der Waals surface area (Å²) >= 11 is 13.2. The lowest BCUT2D eigenvalue weighted by Gasteiger charge is -2.11. The maximum atomic E-state index is 3.85. The average molecular weight is 1150 g/mol. The van der Waals surface area contributed by atoms with Gasteiger partial charge in [0.05, 0.1) is 0 Å². The Hall–Kier alpha value is 0.360. The molecule has 0 saturated heterocycles. The van der Waals surface area contributed by atoms with E-state index in [1.165, 1.54) is 303 Å². The summed E-state index contributed by atoms with van der Waals surface area (Å²) in [7, 11) is 0. The van der Waals surface area contributed by atoms with Crippen molar-refractivity contribution < 1.29 is 0 Å². The first-order valence-electron chi connectivity index (χ1n) is 28.2. The Morgan fingerprint density at radius 3 is 0.625 bits per heavy atom. The van der Waals surface area contributed by atoms with E-state index in [0.717, 1.165) is 0 Å². The van der Waals surface area contributed by atoms with Gasteiger partial charge in [0.2, 0.25) is 0 Å². The highest BCUT2D eigenvalue weighted by Gasteiger charge is 2.08. The summed E-state index contributed by atoms with van der Waals surface area (Å²) in [5, 5.41) is 0. The highest BCUT2D eigenvalue weighted by atomic mass is 80.9. The molecule has 0 nitrogen and oxygen atoms in total. The van der Waals surface area contributed by atoms with Crippen molar-refractivity contribution >= 4 is 60.1 Å². The molecule has 0 atom stereocenters. The van der Waals surface area contributed by atoms with Crippen LogP contribution in [0.4, 0.5) is 0 Å². The van der Waals surface area contributed by atoms with Crippen LogP contribution in [0.1, 0.15) is 307 Å². The predicted octanol–water partition coefficient (Wildman–Crippen LogP) is 24.4. The lowest BCUT2D eigenvalue weighted by atomic mass is 10.0. The van der Waals surface area contributed by atoms with Crippen LogP contribution in [-0.2, 0) is 25.7 Å². The molecule has 0 heterocycles. The van der Waals surface area contributed by atoms with Crippen LogP contribution in [0.3, 0.4) is 0 Å². The van der Waals surface area contributed by atoms with Crippen molar-refractivity contribution in [1.82, 2.24) is 0 Å². The van der Waals surface area contributed by atoms with Crippen molar-refractivity contribution in [1.29, 1.82) is 0 Å². The first-order chi connectivity index (χ1) is 31.5. The lowest BCUT2D eigenvalue weighted by Crippen LogP contribution is -1.94. The number of rotatable bonds is 44. The van der Waals surface area contributed by atoms with E-state index in [9.17, 15) is 0 Å². The first-order valence-corrected chi connectivity index (χ1v) is 33.5. The van der Waals surface area contributed by atoms with E-state index in [-0.39, 0.29) is 0 Å². The number of aryl methyl sites for hydroxylation is 4. The molecule has 0 radical (unpaired) electrons. The van der Waals surface area contributed by atoms with Crippen molar-refractivity contribution in [2.24, 2.45) is 0 Å². The van der Waals surface area contributed by atoms with E-state index in [2.05, 4.69) is 124 Å². The van der Waals surface area contributed by atoms with Crippen LogP contribution in [0.15, 0.2) is 45.3 Å². The molecule has 0 amide bonds. The Morgan fingerprint density at radius 2 is 0.422 bits per heavy atom. The van der Waals surface area contributed by atoms with Crippen LogP contribution < -0.4 is 0 Å². The Balaban J connectivity index is 0.00000120. The smallest absolute Gasteiger partial charge is 0.0210 e. The summed E-state index contributed by atoms with van der Waals surface area (Å²) in [5.74, 6) is 0. The molecule has 0 aromatic heterocycles. The number of halogens is 4.